The van der Waals surface area contributed by atoms with Crippen LogP contribution in [0.5, 0.6) is 0 Å². The second-order valence-electron chi connectivity index (χ2n) is 19.7. The number of rotatable bonds is 25. The number of ether oxygens (including phenoxy) is 2. The van der Waals surface area contributed by atoms with E-state index in [2.05, 4.69) is 42.2 Å². The zero-order valence-electron chi connectivity index (χ0n) is 44.2. The van der Waals surface area contributed by atoms with E-state index in [0.29, 0.717) is 54.0 Å². The van der Waals surface area contributed by atoms with Crippen molar-refractivity contribution in [2.75, 3.05) is 39.5 Å². The molecule has 0 fully saturated rings. The van der Waals surface area contributed by atoms with E-state index >= 15 is 0 Å². The number of nitrogens with zero attached hydrogens (tertiary/aromatic N) is 6. The first-order valence-corrected chi connectivity index (χ1v) is 26.4. The summed E-state index contributed by atoms with van der Waals surface area (Å²) >= 11 is 0. The topological polar surface area (TPSA) is 336 Å². The molecule has 422 valence electrons. The fraction of sp³-hybridized carbons (Fsp3) is 0.357. The van der Waals surface area contributed by atoms with E-state index in [9.17, 15) is 53.4 Å². The Balaban J connectivity index is 0.719. The molecule has 1 unspecified atom stereocenters. The minimum absolute atomic E-state index is 0.00730. The van der Waals surface area contributed by atoms with Gasteiger partial charge in [0.1, 0.15) is 37.9 Å². The van der Waals surface area contributed by atoms with Gasteiger partial charge in [-0.2, -0.15) is 0 Å². The number of nitrogens with one attached hydrogen (secondary N) is 6. The number of fused-ring (bicyclic) bond motifs is 7. The molecule has 0 saturated heterocycles. The minimum Gasteiger partial charge on any atom is -0.458 e. The number of benzene rings is 3. The van der Waals surface area contributed by atoms with Crippen LogP contribution in [0.1, 0.15) is 72.5 Å². The fourth-order valence-corrected chi connectivity index (χ4v) is 9.95. The highest BCUT2D eigenvalue weighted by Crippen LogP contribution is 2.41. The molecule has 81 heavy (non-hydrogen) atoms. The monoisotopic (exact) mass is 1110 g/mol. The molecule has 25 nitrogen and oxygen atoms in total. The number of carbonyl (C=O) groups excluding carboxylic acids is 8. The first-order valence-electron chi connectivity index (χ1n) is 26.4. The first-order chi connectivity index (χ1) is 39.1. The lowest BCUT2D eigenvalue weighted by atomic mass is 9.86. The van der Waals surface area contributed by atoms with Crippen molar-refractivity contribution in [1.82, 2.24) is 61.3 Å². The smallest absolute Gasteiger partial charge is 0.343 e. The molecule has 6 heterocycles. The van der Waals surface area contributed by atoms with Crippen LogP contribution in [0, 0.1) is 0 Å². The maximum atomic E-state index is 14.0. The molecule has 3 aliphatic heterocycles. The molecule has 0 bridgehead atoms. The molecule has 0 spiro atoms. The van der Waals surface area contributed by atoms with Gasteiger partial charge in [-0.1, -0.05) is 79.2 Å². The van der Waals surface area contributed by atoms with E-state index in [1.807, 2.05) is 36.4 Å². The van der Waals surface area contributed by atoms with Crippen molar-refractivity contribution >= 4 is 69.0 Å². The van der Waals surface area contributed by atoms with Gasteiger partial charge in [0.05, 0.1) is 67.9 Å². The van der Waals surface area contributed by atoms with Crippen LogP contribution in [-0.2, 0) is 86.1 Å². The van der Waals surface area contributed by atoms with Crippen molar-refractivity contribution in [3.8, 4) is 11.4 Å². The number of aliphatic hydroxyl groups excluding tert-OH is 1. The number of esters is 1. The summed E-state index contributed by atoms with van der Waals surface area (Å²) in [5, 5.41) is 47.7. The molecule has 3 aliphatic rings. The highest BCUT2D eigenvalue weighted by Gasteiger charge is 2.45. The predicted molar refractivity (Wildman–Crippen MR) is 288 cm³/mol. The van der Waals surface area contributed by atoms with E-state index in [-0.39, 0.29) is 87.3 Å². The molecule has 9 rings (SSSR count). The Kier molecular flexibility index (Phi) is 17.6. The third-order valence-electron chi connectivity index (χ3n) is 14.2. The number of hydrogen-bond acceptors (Lipinski definition) is 16. The molecule has 3 aromatic carbocycles. The molecular formula is C56H60N12O13. The predicted octanol–water partition coefficient (Wildman–Crippen LogP) is -0.0676. The van der Waals surface area contributed by atoms with Crippen LogP contribution in [0.2, 0.25) is 0 Å². The quantitative estimate of drug-likeness (QED) is 0.0161. The third-order valence-corrected chi connectivity index (χ3v) is 14.2. The van der Waals surface area contributed by atoms with E-state index in [1.165, 1.54) is 17.1 Å². The van der Waals surface area contributed by atoms with Gasteiger partial charge in [-0.05, 0) is 59.4 Å². The number of amides is 7. The average Bonchev–Trinajstić information content (AvgIpc) is 4.30. The summed E-state index contributed by atoms with van der Waals surface area (Å²) in [5.41, 5.74) is 2.43. The van der Waals surface area contributed by atoms with E-state index in [4.69, 9.17) is 14.5 Å². The lowest BCUT2D eigenvalue weighted by molar-refractivity contribution is -0.172. The Labute approximate surface area is 462 Å². The lowest BCUT2D eigenvalue weighted by Crippen LogP contribution is -2.52. The van der Waals surface area contributed by atoms with Crippen molar-refractivity contribution in [3.05, 3.63) is 135 Å². The van der Waals surface area contributed by atoms with Gasteiger partial charge in [-0.25, -0.2) is 14.5 Å². The zero-order chi connectivity index (χ0) is 57.2. The number of aromatic nitrogens is 5. The first kappa shape index (κ1) is 56.5. The number of cyclic esters (lactones) is 1. The zero-order valence-corrected chi connectivity index (χ0v) is 44.2. The largest absolute Gasteiger partial charge is 0.458 e. The summed E-state index contributed by atoms with van der Waals surface area (Å²) < 4.78 is 13.8. The Bertz CT molecular complexity index is 3530. The van der Waals surface area contributed by atoms with Crippen LogP contribution < -0.4 is 37.5 Å². The Morgan fingerprint density at radius 3 is 2.38 bits per heavy atom. The molecule has 6 aromatic rings. The fourth-order valence-electron chi connectivity index (χ4n) is 9.95. The van der Waals surface area contributed by atoms with Gasteiger partial charge in [-0.15, -0.1) is 5.10 Å². The van der Waals surface area contributed by atoms with Crippen LogP contribution in [0.25, 0.3) is 33.1 Å². The summed E-state index contributed by atoms with van der Waals surface area (Å²) in [6, 6.07) is 21.1. The standard InChI is InChI=1S/C56H60N12O13/c1-2-56(79)40-22-43-52-38(29-68(43)54(77)39(40)30-81-55(56)78)37(51-36-14-9-8-13-34(36)16-17-41(51)63-52)28-66-27-35(64-65-66)23-57-48(73)31-80-32-61-46(71)25-60-53(76)42(21-33-11-5-3-6-12-33)62-47(72)26-59-45(70)24-58-44(69)15-7-4-10-20-67-49(74)18-19-50(67)75/h3,5-6,8-9,11-14,16-19,22,27,42,49,74,79H,2,4,7,10,15,20-21,23-26,28-32H2,1H3,(H,57,73)(H,58,69)(H,59,70)(H,60,76)(H,61,71)(H,62,72)/t42-,49?,56-/m0/s1. The Morgan fingerprint density at radius 2 is 1.59 bits per heavy atom. The highest BCUT2D eigenvalue weighted by molar-refractivity contribution is 6.09. The molecule has 0 saturated carbocycles. The van der Waals surface area contributed by atoms with Crippen LogP contribution in [0.15, 0.2) is 95.9 Å². The van der Waals surface area contributed by atoms with E-state index in [0.717, 1.165) is 27.3 Å². The van der Waals surface area contributed by atoms with Crippen LogP contribution in [0.4, 0.5) is 0 Å². The molecule has 8 N–H and O–H groups in total. The van der Waals surface area contributed by atoms with Gasteiger partial charge >= 0.3 is 5.97 Å². The van der Waals surface area contributed by atoms with E-state index < -0.39 is 73.1 Å². The summed E-state index contributed by atoms with van der Waals surface area (Å²) in [4.78, 5) is 121. The number of unbranched alkanes of at least 4 members (excludes halogenated alkanes) is 2. The second-order valence-corrected chi connectivity index (χ2v) is 19.7. The molecule has 7 amide bonds. The Hall–Kier alpha value is -9.20. The third kappa shape index (κ3) is 13.1. The minimum atomic E-state index is -1.98. The SMILES string of the molecule is CC[C@@]1(O)C(=O)OCc2c1cc1n(c2=O)Cc2c-1nc1ccc3ccccc3c1c2Cn1cc(CNC(=O)COCNC(=O)CNC(=O)[C@H](Cc2ccccc2)NC(=O)CNC(=O)CNC(=O)CCCCCN2C(=O)C=CC2O)nn1. The van der Waals surface area contributed by atoms with Crippen molar-refractivity contribution in [1.29, 1.82) is 0 Å². The summed E-state index contributed by atoms with van der Waals surface area (Å²) in [6.07, 6.45) is 5.34. The van der Waals surface area contributed by atoms with Crippen molar-refractivity contribution in [2.24, 2.45) is 0 Å². The van der Waals surface area contributed by atoms with Crippen LogP contribution >= 0.6 is 0 Å². The van der Waals surface area contributed by atoms with Crippen LogP contribution in [-0.4, -0.2) is 139 Å². The second kappa shape index (κ2) is 25.3. The maximum absolute atomic E-state index is 14.0. The van der Waals surface area contributed by atoms with Crippen molar-refractivity contribution in [2.45, 2.75) is 89.6 Å². The summed E-state index contributed by atoms with van der Waals surface area (Å²) in [5.74, 6) is -4.66. The lowest BCUT2D eigenvalue weighted by Gasteiger charge is -2.31. The molecule has 0 radical (unpaired) electrons. The van der Waals surface area contributed by atoms with Gasteiger partial charge in [0.2, 0.25) is 41.4 Å². The Morgan fingerprint density at radius 1 is 0.840 bits per heavy atom. The summed E-state index contributed by atoms with van der Waals surface area (Å²) in [6.45, 7) is -0.110. The highest BCUT2D eigenvalue weighted by atomic mass is 16.6. The maximum Gasteiger partial charge on any atom is 0.343 e. The van der Waals surface area contributed by atoms with Gasteiger partial charge in [0.15, 0.2) is 5.60 Å². The molecule has 0 aliphatic carbocycles. The van der Waals surface area contributed by atoms with E-state index in [1.54, 1.807) is 58.8 Å². The van der Waals surface area contributed by atoms with Gasteiger partial charge in [0.25, 0.3) is 5.56 Å². The molecular weight excluding hydrogens is 1050 g/mol. The van der Waals surface area contributed by atoms with Crippen molar-refractivity contribution < 1.29 is 58.0 Å². The number of aliphatic hydroxyl groups is 2. The van der Waals surface area contributed by atoms with Crippen molar-refractivity contribution in [3.63, 3.8) is 0 Å². The van der Waals surface area contributed by atoms with Crippen LogP contribution in [0.3, 0.4) is 0 Å². The van der Waals surface area contributed by atoms with Gasteiger partial charge in [-0.3, -0.25) is 38.4 Å². The summed E-state index contributed by atoms with van der Waals surface area (Å²) in [7, 11) is 0. The average molecular weight is 1110 g/mol. The number of pyridine rings is 2. The molecule has 25 heteroatoms. The van der Waals surface area contributed by atoms with Gasteiger partial charge < -0.3 is 61.1 Å². The van der Waals surface area contributed by atoms with Gasteiger partial charge in [0, 0.05) is 42.0 Å². The molecule has 3 atom stereocenters. The number of carbonyl (C=O) groups is 8. The normalized spacial score (nSPS) is 16.3. The number of hydrogen-bond donors (Lipinski definition) is 8. The molecule has 3 aromatic heterocycles.